The molecule has 1 aliphatic rings. The average molecular weight is 274 g/mol. The lowest BCUT2D eigenvalue weighted by Gasteiger charge is -2.32. The van der Waals surface area contributed by atoms with Crippen molar-refractivity contribution in [2.24, 2.45) is 0 Å². The van der Waals surface area contributed by atoms with Gasteiger partial charge in [0.25, 0.3) is 0 Å². The van der Waals surface area contributed by atoms with E-state index in [0.29, 0.717) is 0 Å². The monoisotopic (exact) mass is 274 g/mol. The van der Waals surface area contributed by atoms with Gasteiger partial charge >= 0.3 is 7.12 Å². The van der Waals surface area contributed by atoms with Gasteiger partial charge in [-0.15, -0.1) is 11.3 Å². The van der Waals surface area contributed by atoms with E-state index in [4.69, 9.17) is 9.31 Å². The first kappa shape index (κ1) is 13.2. The number of benzene rings is 1. The molecule has 1 fully saturated rings. The molecule has 2 heterocycles. The lowest BCUT2D eigenvalue weighted by Crippen LogP contribution is -2.41. The van der Waals surface area contributed by atoms with Crippen LogP contribution < -0.4 is 4.78 Å². The molecule has 0 radical (unpaired) electrons. The Morgan fingerprint density at radius 3 is 2.05 bits per heavy atom. The Morgan fingerprint density at radius 1 is 0.947 bits per heavy atom. The van der Waals surface area contributed by atoms with Crippen molar-refractivity contribution in [3.8, 4) is 0 Å². The summed E-state index contributed by atoms with van der Waals surface area (Å²) in [4.78, 5) is 1.32. The molecule has 100 valence electrons. The molecule has 1 aromatic heterocycles. The molecule has 1 saturated heterocycles. The highest BCUT2D eigenvalue weighted by atomic mass is 32.1. The molecule has 0 unspecified atom stereocenters. The quantitative estimate of drug-likeness (QED) is 0.741. The molecule has 0 N–H and O–H groups in total. The Kier molecular flexibility index (Phi) is 2.82. The summed E-state index contributed by atoms with van der Waals surface area (Å²) >= 11 is 1.78. The van der Waals surface area contributed by atoms with Gasteiger partial charge in [-0.3, -0.25) is 0 Å². The highest BCUT2D eigenvalue weighted by molar-refractivity contribution is 7.24. The number of thiophene rings is 1. The standard InChI is InChI=1S/C15H19BO2S/c1-10-11-8-6-7-9-12(11)13(19-10)16-17-14(2,3)15(4,5)18-16/h6-9H,1-5H3. The number of rotatable bonds is 1. The smallest absolute Gasteiger partial charge is 0.399 e. The van der Waals surface area contributed by atoms with Crippen molar-refractivity contribution in [3.63, 3.8) is 0 Å². The van der Waals surface area contributed by atoms with Crippen molar-refractivity contribution >= 4 is 34.0 Å². The highest BCUT2D eigenvalue weighted by Crippen LogP contribution is 2.38. The Hall–Kier alpha value is -0.835. The van der Waals surface area contributed by atoms with Gasteiger partial charge in [-0.2, -0.15) is 0 Å². The zero-order chi connectivity index (χ0) is 13.8. The Bertz CT molecular complexity index is 614. The number of hydrogen-bond donors (Lipinski definition) is 0. The van der Waals surface area contributed by atoms with Gasteiger partial charge < -0.3 is 9.31 Å². The van der Waals surface area contributed by atoms with Gasteiger partial charge in [0.2, 0.25) is 0 Å². The maximum Gasteiger partial charge on any atom is 0.506 e. The zero-order valence-electron chi connectivity index (χ0n) is 12.1. The molecule has 1 aromatic carbocycles. The third kappa shape index (κ3) is 1.94. The Labute approximate surface area is 118 Å². The van der Waals surface area contributed by atoms with Crippen LogP contribution in [0.25, 0.3) is 10.8 Å². The fraction of sp³-hybridized carbons (Fsp3) is 0.467. The zero-order valence-corrected chi connectivity index (χ0v) is 12.9. The fourth-order valence-corrected chi connectivity index (χ4v) is 3.50. The molecule has 0 spiro atoms. The van der Waals surface area contributed by atoms with Gasteiger partial charge in [0, 0.05) is 9.65 Å². The van der Waals surface area contributed by atoms with E-state index in [1.807, 2.05) is 0 Å². The van der Waals surface area contributed by atoms with Crippen molar-refractivity contribution < 1.29 is 9.31 Å². The van der Waals surface area contributed by atoms with Crippen LogP contribution in [0.4, 0.5) is 0 Å². The molecule has 0 atom stereocenters. The van der Waals surface area contributed by atoms with Crippen LogP contribution in [0.3, 0.4) is 0 Å². The second-order valence-electron chi connectivity index (χ2n) is 6.16. The third-order valence-electron chi connectivity index (χ3n) is 4.30. The molecule has 3 rings (SSSR count). The molecule has 4 heteroatoms. The summed E-state index contributed by atoms with van der Waals surface area (Å²) in [6, 6.07) is 8.47. The Balaban J connectivity index is 2.08. The number of fused-ring (bicyclic) bond motifs is 1. The molecule has 0 saturated carbocycles. The molecule has 2 aromatic rings. The van der Waals surface area contributed by atoms with Gasteiger partial charge in [-0.05, 0) is 45.4 Å². The molecular weight excluding hydrogens is 255 g/mol. The maximum absolute atomic E-state index is 6.16. The van der Waals surface area contributed by atoms with Crippen molar-refractivity contribution in [3.05, 3.63) is 29.1 Å². The normalized spacial score (nSPS) is 21.2. The second kappa shape index (κ2) is 4.08. The highest BCUT2D eigenvalue weighted by Gasteiger charge is 2.52. The summed E-state index contributed by atoms with van der Waals surface area (Å²) in [7, 11) is -0.256. The van der Waals surface area contributed by atoms with Crippen molar-refractivity contribution in [2.45, 2.75) is 45.8 Å². The minimum Gasteiger partial charge on any atom is -0.399 e. The minimum atomic E-state index is -0.281. The first-order chi connectivity index (χ1) is 8.82. The van der Waals surface area contributed by atoms with Crippen molar-refractivity contribution in [1.29, 1.82) is 0 Å². The maximum atomic E-state index is 6.16. The lowest BCUT2D eigenvalue weighted by molar-refractivity contribution is 0.00578. The third-order valence-corrected chi connectivity index (χ3v) is 5.46. The summed E-state index contributed by atoms with van der Waals surface area (Å²) in [6.45, 7) is 10.5. The summed E-state index contributed by atoms with van der Waals surface area (Å²) < 4.78 is 13.5. The van der Waals surface area contributed by atoms with Gasteiger partial charge in [0.05, 0.1) is 11.2 Å². The van der Waals surface area contributed by atoms with Crippen molar-refractivity contribution in [1.82, 2.24) is 0 Å². The largest absolute Gasteiger partial charge is 0.506 e. The van der Waals surface area contributed by atoms with Crippen LogP contribution in [0.5, 0.6) is 0 Å². The SMILES string of the molecule is Cc1sc(B2OC(C)(C)C(C)(C)O2)c2ccccc12. The van der Waals surface area contributed by atoms with Gasteiger partial charge in [-0.25, -0.2) is 0 Å². The van der Waals surface area contributed by atoms with Crippen LogP contribution in [0.1, 0.15) is 32.6 Å². The molecular formula is C15H19BO2S. The second-order valence-corrected chi connectivity index (χ2v) is 7.41. The lowest BCUT2D eigenvalue weighted by atomic mass is 9.85. The van der Waals surface area contributed by atoms with E-state index < -0.39 is 0 Å². The van der Waals surface area contributed by atoms with E-state index in [1.54, 1.807) is 11.3 Å². The molecule has 0 amide bonds. The van der Waals surface area contributed by atoms with E-state index in [0.717, 1.165) is 0 Å². The van der Waals surface area contributed by atoms with Crippen LogP contribution in [0.2, 0.25) is 0 Å². The average Bonchev–Trinajstić information content (AvgIpc) is 2.76. The summed E-state index contributed by atoms with van der Waals surface area (Å²) in [5.74, 6) is 0. The summed E-state index contributed by atoms with van der Waals surface area (Å²) in [6.07, 6.45) is 0. The Morgan fingerprint density at radius 2 is 1.47 bits per heavy atom. The van der Waals surface area contributed by atoms with E-state index in [2.05, 4.69) is 58.9 Å². The van der Waals surface area contributed by atoms with Crippen LogP contribution in [-0.4, -0.2) is 18.3 Å². The van der Waals surface area contributed by atoms with Gasteiger partial charge in [0.15, 0.2) is 0 Å². The molecule has 0 aliphatic carbocycles. The van der Waals surface area contributed by atoms with E-state index in [1.165, 1.54) is 20.4 Å². The molecule has 19 heavy (non-hydrogen) atoms. The predicted octanol–water partition coefficient (Wildman–Crippen LogP) is 3.51. The minimum absolute atomic E-state index is 0.256. The van der Waals surface area contributed by atoms with Crippen LogP contribution in [0.15, 0.2) is 24.3 Å². The van der Waals surface area contributed by atoms with E-state index >= 15 is 0 Å². The van der Waals surface area contributed by atoms with Gasteiger partial charge in [0.1, 0.15) is 0 Å². The topological polar surface area (TPSA) is 18.5 Å². The first-order valence-corrected chi connectivity index (χ1v) is 7.47. The molecule has 0 bridgehead atoms. The number of hydrogen-bond acceptors (Lipinski definition) is 3. The van der Waals surface area contributed by atoms with Crippen LogP contribution >= 0.6 is 11.3 Å². The van der Waals surface area contributed by atoms with E-state index in [9.17, 15) is 0 Å². The number of aryl methyl sites for hydroxylation is 1. The predicted molar refractivity (Wildman–Crippen MR) is 82.3 cm³/mol. The molecule has 1 aliphatic heterocycles. The van der Waals surface area contributed by atoms with Gasteiger partial charge in [-0.1, -0.05) is 24.3 Å². The van der Waals surface area contributed by atoms with E-state index in [-0.39, 0.29) is 18.3 Å². The van der Waals surface area contributed by atoms with Crippen LogP contribution in [-0.2, 0) is 9.31 Å². The summed E-state index contributed by atoms with van der Waals surface area (Å²) in [5, 5.41) is 2.56. The fourth-order valence-electron chi connectivity index (χ4n) is 2.41. The van der Waals surface area contributed by atoms with Crippen molar-refractivity contribution in [2.75, 3.05) is 0 Å². The summed E-state index contributed by atoms with van der Waals surface area (Å²) in [5.41, 5.74) is -0.562. The van der Waals surface area contributed by atoms with Crippen LogP contribution in [0, 0.1) is 6.92 Å². The molecule has 2 nitrogen and oxygen atoms in total. The first-order valence-electron chi connectivity index (χ1n) is 6.65.